The van der Waals surface area contributed by atoms with Crippen LogP contribution in [0.4, 0.5) is 20.4 Å². The Kier molecular flexibility index (Phi) is 4.05. The van der Waals surface area contributed by atoms with Crippen molar-refractivity contribution < 1.29 is 18.3 Å². The van der Waals surface area contributed by atoms with Gasteiger partial charge in [-0.2, -0.15) is 9.97 Å². The fourth-order valence-corrected chi connectivity index (χ4v) is 3.86. The molecule has 0 radical (unpaired) electrons. The molecule has 29 heavy (non-hydrogen) atoms. The fraction of sp³-hybridized carbons (Fsp3) is 0.421. The minimum atomic E-state index is -3.76. The first-order valence-electron chi connectivity index (χ1n) is 9.47. The molecule has 1 saturated heterocycles. The van der Waals surface area contributed by atoms with Crippen molar-refractivity contribution in [1.82, 2.24) is 15.3 Å². The summed E-state index contributed by atoms with van der Waals surface area (Å²) in [5.74, 6) is 0.682. The number of fused-ring (bicyclic) bond motifs is 2. The highest BCUT2D eigenvalue weighted by atomic mass is 19.3. The van der Waals surface area contributed by atoms with Crippen molar-refractivity contribution in [2.75, 3.05) is 23.7 Å². The van der Waals surface area contributed by atoms with Gasteiger partial charge < -0.3 is 25.4 Å². The highest BCUT2D eigenvalue weighted by molar-refractivity contribution is 6.08. The van der Waals surface area contributed by atoms with Crippen LogP contribution in [0.1, 0.15) is 24.0 Å². The Morgan fingerprint density at radius 1 is 1.10 bits per heavy atom. The molecule has 0 aliphatic carbocycles. The number of aromatic nitrogens is 2. The molecule has 1 aromatic carbocycles. The van der Waals surface area contributed by atoms with E-state index in [1.165, 1.54) is 5.56 Å². The first-order chi connectivity index (χ1) is 13.9. The minimum Gasteiger partial charge on any atom is -0.375 e. The Balaban J connectivity index is 1.50. The molecule has 3 aliphatic heterocycles. The number of hydrogen-bond acceptors (Lipinski definition) is 7. The molecule has 3 aliphatic rings. The summed E-state index contributed by atoms with van der Waals surface area (Å²) in [4.78, 5) is 13.1. The minimum absolute atomic E-state index is 0.289. The van der Waals surface area contributed by atoms with Crippen LogP contribution >= 0.6 is 0 Å². The SMILES string of the molecule is Cc1cccc(CN=C2Nc3nc4c(nc3NC23CCNCC3)OC(F)(F)O4)c1. The zero-order valence-corrected chi connectivity index (χ0v) is 15.8. The van der Waals surface area contributed by atoms with E-state index >= 15 is 0 Å². The number of hydrogen-bond donors (Lipinski definition) is 3. The van der Waals surface area contributed by atoms with E-state index in [4.69, 9.17) is 4.99 Å². The number of anilines is 2. The number of alkyl halides is 2. The van der Waals surface area contributed by atoms with Gasteiger partial charge in [0.15, 0.2) is 11.6 Å². The highest BCUT2D eigenvalue weighted by Crippen LogP contribution is 2.43. The zero-order valence-electron chi connectivity index (χ0n) is 15.8. The van der Waals surface area contributed by atoms with E-state index in [9.17, 15) is 8.78 Å². The number of halogens is 2. The van der Waals surface area contributed by atoms with Crippen LogP contribution in [-0.2, 0) is 6.54 Å². The number of rotatable bonds is 2. The quantitative estimate of drug-likeness (QED) is 0.711. The van der Waals surface area contributed by atoms with Crippen LogP contribution in [0.15, 0.2) is 29.3 Å². The van der Waals surface area contributed by atoms with Crippen molar-refractivity contribution in [3.63, 3.8) is 0 Å². The molecule has 1 fully saturated rings. The fourth-order valence-electron chi connectivity index (χ4n) is 3.86. The summed E-state index contributed by atoms with van der Waals surface area (Å²) in [5.41, 5.74) is 1.77. The summed E-state index contributed by atoms with van der Waals surface area (Å²) >= 11 is 0. The van der Waals surface area contributed by atoms with E-state index in [-0.39, 0.29) is 17.6 Å². The second-order valence-corrected chi connectivity index (χ2v) is 7.43. The smallest absolute Gasteiger partial charge is 0.375 e. The third kappa shape index (κ3) is 3.33. The lowest BCUT2D eigenvalue weighted by molar-refractivity contribution is -0.288. The van der Waals surface area contributed by atoms with Gasteiger partial charge in [0.1, 0.15) is 5.84 Å². The van der Waals surface area contributed by atoms with Gasteiger partial charge in [0, 0.05) is 0 Å². The van der Waals surface area contributed by atoms with Gasteiger partial charge in [-0.3, -0.25) is 4.99 Å². The highest BCUT2D eigenvalue weighted by Gasteiger charge is 2.48. The summed E-state index contributed by atoms with van der Waals surface area (Å²) < 4.78 is 35.7. The van der Waals surface area contributed by atoms with Crippen molar-refractivity contribution >= 4 is 17.5 Å². The lowest BCUT2D eigenvalue weighted by Gasteiger charge is -2.43. The third-order valence-electron chi connectivity index (χ3n) is 5.27. The van der Waals surface area contributed by atoms with Gasteiger partial charge in [-0.25, -0.2) is 0 Å². The molecule has 1 aromatic heterocycles. The molecule has 3 N–H and O–H groups in total. The van der Waals surface area contributed by atoms with Gasteiger partial charge in [0.25, 0.3) is 11.8 Å². The molecule has 4 heterocycles. The summed E-state index contributed by atoms with van der Waals surface area (Å²) in [6, 6.07) is 8.15. The Bertz CT molecular complexity index is 991. The van der Waals surface area contributed by atoms with Crippen molar-refractivity contribution in [2.24, 2.45) is 4.99 Å². The first kappa shape index (κ1) is 18.0. The number of piperidine rings is 1. The van der Waals surface area contributed by atoms with Crippen molar-refractivity contribution in [3.8, 4) is 11.8 Å². The largest absolute Gasteiger partial charge is 0.588 e. The van der Waals surface area contributed by atoms with Gasteiger partial charge in [0.2, 0.25) is 0 Å². The van der Waals surface area contributed by atoms with Crippen molar-refractivity contribution in [3.05, 3.63) is 35.4 Å². The molecule has 0 bridgehead atoms. The monoisotopic (exact) mass is 402 g/mol. The van der Waals surface area contributed by atoms with Gasteiger partial charge in [-0.15, -0.1) is 8.78 Å². The molecular weight excluding hydrogens is 382 g/mol. The summed E-state index contributed by atoms with van der Waals surface area (Å²) in [5, 5.41) is 9.92. The van der Waals surface area contributed by atoms with Crippen LogP contribution in [0.3, 0.4) is 0 Å². The van der Waals surface area contributed by atoms with Crippen LogP contribution in [0.2, 0.25) is 0 Å². The van der Waals surface area contributed by atoms with Gasteiger partial charge in [0.05, 0.1) is 12.1 Å². The van der Waals surface area contributed by atoms with E-state index in [0.717, 1.165) is 31.5 Å². The molecule has 152 valence electrons. The van der Waals surface area contributed by atoms with E-state index in [0.29, 0.717) is 18.2 Å². The Morgan fingerprint density at radius 2 is 1.83 bits per heavy atom. The maximum atomic E-state index is 13.4. The van der Waals surface area contributed by atoms with E-state index < -0.39 is 11.8 Å². The molecule has 8 nitrogen and oxygen atoms in total. The van der Waals surface area contributed by atoms with Gasteiger partial charge >= 0.3 is 6.29 Å². The maximum absolute atomic E-state index is 13.4. The number of nitrogens with one attached hydrogen (secondary N) is 3. The number of amidine groups is 1. The van der Waals surface area contributed by atoms with Crippen LogP contribution < -0.4 is 25.4 Å². The molecular formula is C19H20F2N6O2. The normalized spacial score (nSPS) is 22.1. The molecule has 0 atom stereocenters. The zero-order chi connectivity index (χ0) is 20.1. The Labute approximate surface area is 165 Å². The van der Waals surface area contributed by atoms with Crippen LogP contribution in [-0.4, -0.2) is 40.7 Å². The first-order valence-corrected chi connectivity index (χ1v) is 9.47. The number of aliphatic imine (C=N–C) groups is 1. The van der Waals surface area contributed by atoms with Crippen LogP contribution in [0.25, 0.3) is 0 Å². The average Bonchev–Trinajstić information content (AvgIpc) is 2.98. The second kappa shape index (κ2) is 6.51. The Morgan fingerprint density at radius 3 is 2.55 bits per heavy atom. The molecule has 10 heteroatoms. The maximum Gasteiger partial charge on any atom is 0.588 e. The predicted molar refractivity (Wildman–Crippen MR) is 103 cm³/mol. The molecule has 0 amide bonds. The summed E-state index contributed by atoms with van der Waals surface area (Å²) in [6.07, 6.45) is -2.24. The molecule has 0 unspecified atom stereocenters. The summed E-state index contributed by atoms with van der Waals surface area (Å²) in [7, 11) is 0. The van der Waals surface area contributed by atoms with E-state index in [1.807, 2.05) is 25.1 Å². The molecule has 0 saturated carbocycles. The topological polar surface area (TPSA) is 92.7 Å². The van der Waals surface area contributed by atoms with Gasteiger partial charge in [-0.05, 0) is 38.4 Å². The number of benzene rings is 1. The van der Waals surface area contributed by atoms with E-state index in [1.54, 1.807) is 0 Å². The van der Waals surface area contributed by atoms with Crippen molar-refractivity contribution in [2.45, 2.75) is 38.1 Å². The summed E-state index contributed by atoms with van der Waals surface area (Å²) in [6.45, 7) is 4.12. The lowest BCUT2D eigenvalue weighted by atomic mass is 9.85. The number of ether oxygens (including phenoxy) is 2. The average molecular weight is 402 g/mol. The van der Waals surface area contributed by atoms with Crippen molar-refractivity contribution in [1.29, 1.82) is 0 Å². The molecule has 2 aromatic rings. The van der Waals surface area contributed by atoms with Crippen LogP contribution in [0, 0.1) is 6.92 Å². The predicted octanol–water partition coefficient (Wildman–Crippen LogP) is 2.66. The standard InChI is InChI=1S/C19H20F2N6O2/c1-11-3-2-4-12(9-11)10-23-17-18(5-7-22-8-6-18)27-14-13(26-17)24-15-16(25-14)29-19(20,21)28-15/h2-4,9,22H,5-8,10H2,1H3,(H,25,27)(H,23,24,26). The van der Waals surface area contributed by atoms with Gasteiger partial charge in [-0.1, -0.05) is 29.8 Å². The van der Waals surface area contributed by atoms with Crippen LogP contribution in [0.5, 0.6) is 11.8 Å². The third-order valence-corrected chi connectivity index (χ3v) is 5.27. The second-order valence-electron chi connectivity index (χ2n) is 7.43. The number of aryl methyl sites for hydroxylation is 1. The Hall–Kier alpha value is -3.01. The number of nitrogens with zero attached hydrogens (tertiary/aromatic N) is 3. The lowest BCUT2D eigenvalue weighted by Crippen LogP contribution is -2.58. The van der Waals surface area contributed by atoms with E-state index in [2.05, 4.69) is 41.5 Å². The molecule has 5 rings (SSSR count). The molecule has 1 spiro atoms.